The number of anilines is 1. The maximum absolute atomic E-state index is 12.6. The van der Waals surface area contributed by atoms with Crippen LogP contribution in [-0.2, 0) is 16.0 Å². The molecule has 0 fully saturated rings. The minimum Gasteiger partial charge on any atom is -0.462 e. The van der Waals surface area contributed by atoms with Gasteiger partial charge < -0.3 is 10.1 Å². The number of nitrogens with one attached hydrogen (secondary N) is 1. The minimum atomic E-state index is -0.404. The summed E-state index contributed by atoms with van der Waals surface area (Å²) in [5, 5.41) is 3.91. The molecule has 3 aromatic rings. The van der Waals surface area contributed by atoms with Crippen LogP contribution in [0.25, 0.3) is 10.9 Å². The molecular formula is C22H22N2O3. The van der Waals surface area contributed by atoms with E-state index in [0.29, 0.717) is 17.9 Å². The van der Waals surface area contributed by atoms with Gasteiger partial charge in [-0.2, -0.15) is 0 Å². The van der Waals surface area contributed by atoms with Crippen LogP contribution < -0.4 is 5.32 Å². The van der Waals surface area contributed by atoms with Gasteiger partial charge in [-0.25, -0.2) is 4.79 Å². The Morgan fingerprint density at radius 1 is 1.07 bits per heavy atom. The monoisotopic (exact) mass is 362 g/mol. The number of pyridine rings is 1. The number of hydrogen-bond donors (Lipinski definition) is 1. The van der Waals surface area contributed by atoms with Crippen LogP contribution in [0.4, 0.5) is 5.69 Å². The molecule has 0 aliphatic carbocycles. The molecule has 0 saturated carbocycles. The molecule has 1 aromatic heterocycles. The number of ether oxygens (including phenoxy) is 1. The van der Waals surface area contributed by atoms with Gasteiger partial charge in [0.15, 0.2) is 0 Å². The number of nitrogens with zero attached hydrogens (tertiary/aromatic N) is 1. The molecule has 1 N–H and O–H groups in total. The second kappa shape index (κ2) is 7.99. The zero-order chi connectivity index (χ0) is 19.4. The fraction of sp³-hybridized carbons (Fsp3) is 0.227. The van der Waals surface area contributed by atoms with Crippen LogP contribution in [-0.4, -0.2) is 23.5 Å². The van der Waals surface area contributed by atoms with E-state index in [1.54, 1.807) is 31.2 Å². The van der Waals surface area contributed by atoms with Crippen molar-refractivity contribution in [3.63, 3.8) is 0 Å². The molecule has 0 aliphatic heterocycles. The van der Waals surface area contributed by atoms with E-state index >= 15 is 0 Å². The van der Waals surface area contributed by atoms with Crippen molar-refractivity contribution in [1.29, 1.82) is 0 Å². The van der Waals surface area contributed by atoms with Gasteiger partial charge in [-0.1, -0.05) is 24.3 Å². The lowest BCUT2D eigenvalue weighted by Crippen LogP contribution is -2.17. The molecule has 138 valence electrons. The summed E-state index contributed by atoms with van der Waals surface area (Å²) in [6, 6.07) is 14.7. The van der Waals surface area contributed by atoms with Crippen molar-refractivity contribution in [2.45, 2.75) is 27.2 Å². The predicted molar refractivity (Wildman–Crippen MR) is 106 cm³/mol. The van der Waals surface area contributed by atoms with Gasteiger partial charge in [0.25, 0.3) is 0 Å². The second-order valence-corrected chi connectivity index (χ2v) is 6.34. The average molecular weight is 362 g/mol. The Morgan fingerprint density at radius 2 is 1.85 bits per heavy atom. The summed E-state index contributed by atoms with van der Waals surface area (Å²) in [7, 11) is 0. The number of aromatic nitrogens is 1. The average Bonchev–Trinajstić information content (AvgIpc) is 2.65. The summed E-state index contributed by atoms with van der Waals surface area (Å²) in [5.41, 5.74) is 4.74. The Kier molecular flexibility index (Phi) is 5.50. The number of amides is 1. The SMILES string of the molecule is CCOC(=O)c1cccc(NC(=O)Cc2c(C)nc3ccccc3c2C)c1. The maximum atomic E-state index is 12.6. The van der Waals surface area contributed by atoms with Crippen LogP contribution in [0.5, 0.6) is 0 Å². The van der Waals surface area contributed by atoms with Crippen molar-refractivity contribution < 1.29 is 14.3 Å². The molecule has 5 nitrogen and oxygen atoms in total. The van der Waals surface area contributed by atoms with Crippen LogP contribution in [0.1, 0.15) is 34.1 Å². The zero-order valence-corrected chi connectivity index (χ0v) is 15.7. The van der Waals surface area contributed by atoms with E-state index in [9.17, 15) is 9.59 Å². The van der Waals surface area contributed by atoms with Crippen molar-refractivity contribution in [3.8, 4) is 0 Å². The third-order valence-electron chi connectivity index (χ3n) is 4.48. The number of hydrogen-bond acceptors (Lipinski definition) is 4. The van der Waals surface area contributed by atoms with Gasteiger partial charge in [-0.3, -0.25) is 9.78 Å². The van der Waals surface area contributed by atoms with E-state index in [0.717, 1.165) is 27.7 Å². The van der Waals surface area contributed by atoms with E-state index in [1.807, 2.05) is 38.1 Å². The van der Waals surface area contributed by atoms with Crippen LogP contribution in [0.15, 0.2) is 48.5 Å². The third-order valence-corrected chi connectivity index (χ3v) is 4.48. The summed E-state index contributed by atoms with van der Waals surface area (Å²) < 4.78 is 5.00. The number of benzene rings is 2. The molecule has 0 radical (unpaired) electrons. The third kappa shape index (κ3) is 4.14. The van der Waals surface area contributed by atoms with Crippen molar-refractivity contribution >= 4 is 28.5 Å². The molecule has 0 saturated heterocycles. The molecule has 0 unspecified atom stereocenters. The summed E-state index contributed by atoms with van der Waals surface area (Å²) in [6.07, 6.45) is 0.221. The smallest absolute Gasteiger partial charge is 0.338 e. The quantitative estimate of drug-likeness (QED) is 0.691. The summed E-state index contributed by atoms with van der Waals surface area (Å²) in [4.78, 5) is 29.0. The van der Waals surface area contributed by atoms with Gasteiger partial charge in [0, 0.05) is 16.8 Å². The maximum Gasteiger partial charge on any atom is 0.338 e. The van der Waals surface area contributed by atoms with Crippen LogP contribution in [0, 0.1) is 13.8 Å². The molecular weight excluding hydrogens is 340 g/mol. The van der Waals surface area contributed by atoms with Gasteiger partial charge in [0.1, 0.15) is 0 Å². The number of para-hydroxylation sites is 1. The largest absolute Gasteiger partial charge is 0.462 e. The molecule has 2 aromatic carbocycles. The normalized spacial score (nSPS) is 10.6. The predicted octanol–water partition coefficient (Wildman–Crippen LogP) is 4.21. The lowest BCUT2D eigenvalue weighted by Gasteiger charge is -2.13. The summed E-state index contributed by atoms with van der Waals surface area (Å²) in [5.74, 6) is -0.557. The number of esters is 1. The Morgan fingerprint density at radius 3 is 2.63 bits per heavy atom. The number of rotatable bonds is 5. The highest BCUT2D eigenvalue weighted by atomic mass is 16.5. The number of fused-ring (bicyclic) bond motifs is 1. The van der Waals surface area contributed by atoms with E-state index in [-0.39, 0.29) is 12.3 Å². The van der Waals surface area contributed by atoms with Gasteiger partial charge in [0.05, 0.1) is 24.1 Å². The van der Waals surface area contributed by atoms with Crippen LogP contribution in [0.3, 0.4) is 0 Å². The summed E-state index contributed by atoms with van der Waals surface area (Å²) in [6.45, 7) is 6.00. The van der Waals surface area contributed by atoms with E-state index in [4.69, 9.17) is 4.74 Å². The molecule has 1 heterocycles. The molecule has 0 aliphatic rings. The molecule has 27 heavy (non-hydrogen) atoms. The highest BCUT2D eigenvalue weighted by molar-refractivity contribution is 5.96. The van der Waals surface area contributed by atoms with Crippen molar-refractivity contribution in [2.75, 3.05) is 11.9 Å². The Labute approximate surface area is 158 Å². The van der Waals surface area contributed by atoms with Crippen molar-refractivity contribution in [3.05, 3.63) is 70.9 Å². The first kappa shape index (κ1) is 18.6. The van der Waals surface area contributed by atoms with Gasteiger partial charge in [0.2, 0.25) is 5.91 Å². The molecule has 3 rings (SSSR count). The lowest BCUT2D eigenvalue weighted by atomic mass is 9.99. The zero-order valence-electron chi connectivity index (χ0n) is 15.7. The second-order valence-electron chi connectivity index (χ2n) is 6.34. The Bertz CT molecular complexity index is 1010. The fourth-order valence-electron chi connectivity index (χ4n) is 3.13. The number of carbonyl (C=O) groups excluding carboxylic acids is 2. The van der Waals surface area contributed by atoms with Gasteiger partial charge in [-0.05, 0) is 56.2 Å². The van der Waals surface area contributed by atoms with E-state index < -0.39 is 5.97 Å². The number of aryl methyl sites for hydroxylation is 2. The molecule has 0 spiro atoms. The number of carbonyl (C=O) groups is 2. The standard InChI is InChI=1S/C22H22N2O3/c1-4-27-22(26)16-8-7-9-17(12-16)24-21(25)13-19-14(2)18-10-5-6-11-20(18)23-15(19)3/h5-12H,4,13H2,1-3H3,(H,24,25). The lowest BCUT2D eigenvalue weighted by molar-refractivity contribution is -0.115. The Hall–Kier alpha value is -3.21. The summed E-state index contributed by atoms with van der Waals surface area (Å²) >= 11 is 0. The van der Waals surface area contributed by atoms with Crippen LogP contribution >= 0.6 is 0 Å². The first-order valence-electron chi connectivity index (χ1n) is 8.91. The Balaban J connectivity index is 1.80. The minimum absolute atomic E-state index is 0.153. The van der Waals surface area contributed by atoms with Crippen LogP contribution in [0.2, 0.25) is 0 Å². The highest BCUT2D eigenvalue weighted by Gasteiger charge is 2.14. The topological polar surface area (TPSA) is 68.3 Å². The van der Waals surface area contributed by atoms with Gasteiger partial charge in [-0.15, -0.1) is 0 Å². The first-order chi connectivity index (χ1) is 13.0. The molecule has 0 atom stereocenters. The van der Waals surface area contributed by atoms with E-state index in [2.05, 4.69) is 10.3 Å². The highest BCUT2D eigenvalue weighted by Crippen LogP contribution is 2.23. The van der Waals surface area contributed by atoms with Crippen molar-refractivity contribution in [1.82, 2.24) is 4.98 Å². The molecule has 5 heteroatoms. The van der Waals surface area contributed by atoms with Gasteiger partial charge >= 0.3 is 5.97 Å². The van der Waals surface area contributed by atoms with E-state index in [1.165, 1.54) is 0 Å². The first-order valence-corrected chi connectivity index (χ1v) is 8.91. The van der Waals surface area contributed by atoms with Crippen molar-refractivity contribution in [2.24, 2.45) is 0 Å². The molecule has 0 bridgehead atoms. The molecule has 1 amide bonds. The fourth-order valence-corrected chi connectivity index (χ4v) is 3.13.